The molecule has 0 aliphatic heterocycles. The Morgan fingerprint density at radius 3 is 2.38 bits per heavy atom. The lowest BCUT2D eigenvalue weighted by Gasteiger charge is -2.33. The van der Waals surface area contributed by atoms with Crippen molar-refractivity contribution >= 4 is 35.1 Å². The van der Waals surface area contributed by atoms with E-state index in [0.29, 0.717) is 17.3 Å². The van der Waals surface area contributed by atoms with Crippen LogP contribution in [0.4, 0.5) is 0 Å². The Balaban J connectivity index is 1.76. The van der Waals surface area contributed by atoms with Gasteiger partial charge in [-0.25, -0.2) is 15.0 Å². The van der Waals surface area contributed by atoms with E-state index in [0.717, 1.165) is 12.8 Å². The molecule has 11 nitrogen and oxygen atoms in total. The van der Waals surface area contributed by atoms with Gasteiger partial charge in [-0.3, -0.25) is 19.2 Å². The van der Waals surface area contributed by atoms with Crippen LogP contribution in [0.1, 0.15) is 80.8 Å². The van der Waals surface area contributed by atoms with Crippen molar-refractivity contribution in [1.82, 2.24) is 25.2 Å². The Morgan fingerprint density at radius 2 is 1.82 bits per heavy atom. The maximum absolute atomic E-state index is 13.1. The molecule has 0 aromatic carbocycles. The predicted molar refractivity (Wildman–Crippen MR) is 144 cm³/mol. The van der Waals surface area contributed by atoms with Gasteiger partial charge in [0.2, 0.25) is 5.91 Å². The van der Waals surface area contributed by atoms with Gasteiger partial charge < -0.3 is 20.1 Å². The lowest BCUT2D eigenvalue weighted by atomic mass is 9.96. The highest BCUT2D eigenvalue weighted by atomic mass is 32.1. The zero-order valence-corrected chi connectivity index (χ0v) is 23.8. The van der Waals surface area contributed by atoms with Gasteiger partial charge in [0.15, 0.2) is 6.10 Å². The van der Waals surface area contributed by atoms with Gasteiger partial charge >= 0.3 is 11.9 Å². The summed E-state index contributed by atoms with van der Waals surface area (Å²) in [6.45, 7) is 6.93. The molecule has 0 saturated heterocycles. The number of thiazole rings is 1. The van der Waals surface area contributed by atoms with Crippen molar-refractivity contribution in [1.29, 1.82) is 0 Å². The molecule has 0 radical (unpaired) electrons. The minimum atomic E-state index is -0.965. The first kappa shape index (κ1) is 30.1. The average Bonchev–Trinajstić information content (AvgIpc) is 3.61. The first-order valence-electron chi connectivity index (χ1n) is 13.1. The number of ether oxygens (including phenoxy) is 1. The maximum Gasteiger partial charge on any atom is 0.306 e. The molecule has 4 atom stereocenters. The Hall–Kier alpha value is -3.41. The van der Waals surface area contributed by atoms with E-state index in [1.165, 1.54) is 18.3 Å². The third kappa shape index (κ3) is 8.81. The van der Waals surface area contributed by atoms with E-state index in [1.54, 1.807) is 42.7 Å². The molecule has 2 aromatic rings. The quantitative estimate of drug-likeness (QED) is 0.332. The Labute approximate surface area is 232 Å². The largest absolute Gasteiger partial charge is 0.481 e. The van der Waals surface area contributed by atoms with Crippen LogP contribution in [0.3, 0.4) is 0 Å². The van der Waals surface area contributed by atoms with E-state index in [1.807, 2.05) is 13.8 Å². The molecule has 1 aliphatic carbocycles. The zero-order chi connectivity index (χ0) is 28.7. The highest BCUT2D eigenvalue weighted by molar-refractivity contribution is 7.09. The summed E-state index contributed by atoms with van der Waals surface area (Å²) < 4.78 is 5.61. The third-order valence-electron chi connectivity index (χ3n) is 6.78. The van der Waals surface area contributed by atoms with Crippen LogP contribution in [-0.2, 0) is 25.5 Å². The second kappa shape index (κ2) is 13.6. The molecule has 0 bridgehead atoms. The number of carboxylic acid groups (broad SMARTS) is 1. The van der Waals surface area contributed by atoms with Crippen molar-refractivity contribution in [2.24, 2.45) is 17.8 Å². The fourth-order valence-corrected chi connectivity index (χ4v) is 5.29. The first-order chi connectivity index (χ1) is 18.5. The number of nitrogens with zero attached hydrogens (tertiary/aromatic N) is 4. The van der Waals surface area contributed by atoms with Gasteiger partial charge in [-0.05, 0) is 31.2 Å². The Bertz CT molecular complexity index is 1150. The van der Waals surface area contributed by atoms with Crippen LogP contribution in [0.25, 0.3) is 0 Å². The molecule has 12 heteroatoms. The molecular formula is C27H37N5O6S. The fraction of sp³-hybridized carbons (Fsp3) is 0.593. The Morgan fingerprint density at radius 1 is 1.15 bits per heavy atom. The first-order valence-corrected chi connectivity index (χ1v) is 14.0. The predicted octanol–water partition coefficient (Wildman–Crippen LogP) is 3.27. The smallest absolute Gasteiger partial charge is 0.306 e. The summed E-state index contributed by atoms with van der Waals surface area (Å²) in [5.41, 5.74) is 0.137. The average molecular weight is 560 g/mol. The van der Waals surface area contributed by atoms with Crippen LogP contribution in [0.5, 0.6) is 0 Å². The van der Waals surface area contributed by atoms with E-state index < -0.39 is 35.9 Å². The number of hydrogen-bond donors (Lipinski definition) is 2. The number of aliphatic carboxylic acids is 1. The number of amides is 2. The van der Waals surface area contributed by atoms with Gasteiger partial charge in [-0.1, -0.05) is 20.8 Å². The summed E-state index contributed by atoms with van der Waals surface area (Å²) in [7, 11) is 1.78. The maximum atomic E-state index is 13.1. The number of esters is 1. The monoisotopic (exact) mass is 559 g/mol. The van der Waals surface area contributed by atoms with Crippen LogP contribution in [0, 0.1) is 17.8 Å². The fourth-order valence-electron chi connectivity index (χ4n) is 4.45. The van der Waals surface area contributed by atoms with Gasteiger partial charge in [-0.15, -0.1) is 11.3 Å². The van der Waals surface area contributed by atoms with Crippen LogP contribution in [0.2, 0.25) is 0 Å². The SMILES string of the molecule is CC(=O)OC(CC(C(C)C)N(C)C(=O)C1CC1)c1nc(C(=O)N[C@@H](Cc2ncccn2)C[C@H](C)C(=O)O)cs1. The second-order valence-electron chi connectivity index (χ2n) is 10.5. The number of carbonyl (C=O) groups excluding carboxylic acids is 3. The van der Waals surface area contributed by atoms with Crippen LogP contribution in [0.15, 0.2) is 23.8 Å². The van der Waals surface area contributed by atoms with E-state index in [2.05, 4.69) is 20.3 Å². The minimum Gasteiger partial charge on any atom is -0.481 e. The highest BCUT2D eigenvalue weighted by Gasteiger charge is 2.37. The van der Waals surface area contributed by atoms with Crippen molar-refractivity contribution in [3.8, 4) is 0 Å². The Kier molecular flexibility index (Phi) is 10.5. The third-order valence-corrected chi connectivity index (χ3v) is 7.71. The summed E-state index contributed by atoms with van der Waals surface area (Å²) in [6, 6.07) is 0.959. The molecule has 1 saturated carbocycles. The summed E-state index contributed by atoms with van der Waals surface area (Å²) in [5, 5.41) is 14.3. The normalized spacial score (nSPS) is 16.2. The second-order valence-corrected chi connectivity index (χ2v) is 11.3. The van der Waals surface area contributed by atoms with Crippen molar-refractivity contribution < 1.29 is 29.0 Å². The molecule has 2 aromatic heterocycles. The van der Waals surface area contributed by atoms with E-state index in [4.69, 9.17) is 4.74 Å². The molecule has 2 unspecified atom stereocenters. The van der Waals surface area contributed by atoms with Crippen molar-refractivity contribution in [2.75, 3.05) is 7.05 Å². The van der Waals surface area contributed by atoms with Gasteiger partial charge in [-0.2, -0.15) is 0 Å². The van der Waals surface area contributed by atoms with Crippen LogP contribution in [-0.4, -0.2) is 67.8 Å². The topological polar surface area (TPSA) is 152 Å². The van der Waals surface area contributed by atoms with Gasteiger partial charge in [0.25, 0.3) is 5.91 Å². The number of hydrogen-bond acceptors (Lipinski definition) is 9. The molecule has 2 N–H and O–H groups in total. The summed E-state index contributed by atoms with van der Waals surface area (Å²) >= 11 is 1.20. The number of nitrogens with one attached hydrogen (secondary N) is 1. The lowest BCUT2D eigenvalue weighted by Crippen LogP contribution is -2.42. The van der Waals surface area contributed by atoms with Crippen molar-refractivity contribution in [2.45, 2.75) is 78.0 Å². The van der Waals surface area contributed by atoms with Crippen molar-refractivity contribution in [3.63, 3.8) is 0 Å². The summed E-state index contributed by atoms with van der Waals surface area (Å²) in [5.74, 6) is -1.86. The van der Waals surface area contributed by atoms with E-state index in [9.17, 15) is 24.3 Å². The molecule has 0 spiro atoms. The summed E-state index contributed by atoms with van der Waals surface area (Å²) in [4.78, 5) is 63.9. The molecule has 212 valence electrons. The molecule has 2 amide bonds. The van der Waals surface area contributed by atoms with Crippen molar-refractivity contribution in [3.05, 3.63) is 40.4 Å². The molecular weight excluding hydrogens is 522 g/mol. The molecule has 1 aliphatic rings. The number of carboxylic acids is 1. The molecule has 1 fully saturated rings. The zero-order valence-electron chi connectivity index (χ0n) is 23.0. The van der Waals surface area contributed by atoms with Gasteiger partial charge in [0, 0.05) is 62.6 Å². The van der Waals surface area contributed by atoms with E-state index >= 15 is 0 Å². The molecule has 2 heterocycles. The number of aromatic nitrogens is 3. The lowest BCUT2D eigenvalue weighted by molar-refractivity contribution is -0.148. The van der Waals surface area contributed by atoms with E-state index in [-0.39, 0.29) is 42.3 Å². The van der Waals surface area contributed by atoms with Crippen LogP contribution < -0.4 is 5.32 Å². The van der Waals surface area contributed by atoms with Gasteiger partial charge in [0.1, 0.15) is 16.5 Å². The van der Waals surface area contributed by atoms with Crippen LogP contribution >= 0.6 is 11.3 Å². The standard InChI is InChI=1S/C27H37N5O6S/c1-15(2)21(32(5)26(35)18-7-8-18)13-22(38-17(4)33)25-31-20(14-39-25)24(34)30-19(11-16(3)27(36)37)12-23-28-9-6-10-29-23/h6,9-10,14-16,18-19,21-22H,7-8,11-13H2,1-5H3,(H,30,34)(H,36,37)/t16-,19+,21?,22?/m0/s1. The van der Waals surface area contributed by atoms with Gasteiger partial charge in [0.05, 0.1) is 5.92 Å². The molecule has 39 heavy (non-hydrogen) atoms. The number of rotatable bonds is 14. The highest BCUT2D eigenvalue weighted by Crippen LogP contribution is 2.35. The molecule has 3 rings (SSSR count). The minimum absolute atomic E-state index is 0.0664. The number of carbonyl (C=O) groups is 4. The summed E-state index contributed by atoms with van der Waals surface area (Å²) in [6.07, 6.45) is 5.04.